The first-order valence-electron chi connectivity index (χ1n) is 5.12. The fourth-order valence-corrected chi connectivity index (χ4v) is 1.60. The standard InChI is InChI=1S/C10H21NO/c1-3-4-9-5-10(9)11-6-8(2)7-12/h8-12H,3-7H2,1-2H3. The molecule has 1 fully saturated rings. The van der Waals surface area contributed by atoms with E-state index in [2.05, 4.69) is 19.2 Å². The molecule has 2 heteroatoms. The molecular formula is C10H21NO. The Bertz CT molecular complexity index is 127. The van der Waals surface area contributed by atoms with E-state index in [0.717, 1.165) is 18.5 Å². The number of aliphatic hydroxyl groups is 1. The van der Waals surface area contributed by atoms with E-state index in [0.29, 0.717) is 12.5 Å². The van der Waals surface area contributed by atoms with Crippen molar-refractivity contribution in [1.82, 2.24) is 5.32 Å². The highest BCUT2D eigenvalue weighted by Gasteiger charge is 2.35. The molecule has 0 spiro atoms. The van der Waals surface area contributed by atoms with E-state index in [-0.39, 0.29) is 0 Å². The Morgan fingerprint density at radius 3 is 2.92 bits per heavy atom. The van der Waals surface area contributed by atoms with Gasteiger partial charge in [-0.2, -0.15) is 0 Å². The highest BCUT2D eigenvalue weighted by atomic mass is 16.3. The Kier molecular flexibility index (Phi) is 4.02. The first kappa shape index (κ1) is 10.0. The van der Waals surface area contributed by atoms with Gasteiger partial charge in [0.15, 0.2) is 0 Å². The van der Waals surface area contributed by atoms with Gasteiger partial charge < -0.3 is 10.4 Å². The molecule has 0 amide bonds. The first-order chi connectivity index (χ1) is 5.77. The quantitative estimate of drug-likeness (QED) is 0.633. The van der Waals surface area contributed by atoms with Gasteiger partial charge in [-0.15, -0.1) is 0 Å². The molecule has 0 aromatic heterocycles. The second kappa shape index (κ2) is 4.83. The lowest BCUT2D eigenvalue weighted by Crippen LogP contribution is -2.26. The van der Waals surface area contributed by atoms with E-state index in [9.17, 15) is 0 Å². The summed E-state index contributed by atoms with van der Waals surface area (Å²) in [5, 5.41) is 12.3. The summed E-state index contributed by atoms with van der Waals surface area (Å²) in [4.78, 5) is 0. The highest BCUT2D eigenvalue weighted by molar-refractivity contribution is 4.92. The molecule has 0 aromatic rings. The van der Waals surface area contributed by atoms with Crippen LogP contribution in [0.4, 0.5) is 0 Å². The maximum atomic E-state index is 8.80. The van der Waals surface area contributed by atoms with Crippen LogP contribution in [0.5, 0.6) is 0 Å². The molecule has 1 aliphatic rings. The van der Waals surface area contributed by atoms with Gasteiger partial charge in [-0.1, -0.05) is 20.3 Å². The summed E-state index contributed by atoms with van der Waals surface area (Å²) >= 11 is 0. The minimum atomic E-state index is 0.304. The molecule has 2 N–H and O–H groups in total. The zero-order valence-corrected chi connectivity index (χ0v) is 8.21. The van der Waals surface area contributed by atoms with Crippen LogP contribution in [-0.2, 0) is 0 Å². The Balaban J connectivity index is 1.96. The van der Waals surface area contributed by atoms with Gasteiger partial charge in [0.2, 0.25) is 0 Å². The van der Waals surface area contributed by atoms with E-state index in [1.807, 2.05) is 0 Å². The van der Waals surface area contributed by atoms with Crippen LogP contribution < -0.4 is 5.32 Å². The molecule has 72 valence electrons. The molecule has 0 heterocycles. The monoisotopic (exact) mass is 171 g/mol. The van der Waals surface area contributed by atoms with Gasteiger partial charge in [-0.25, -0.2) is 0 Å². The van der Waals surface area contributed by atoms with Crippen molar-refractivity contribution in [3.8, 4) is 0 Å². The van der Waals surface area contributed by atoms with Gasteiger partial charge in [0.1, 0.15) is 0 Å². The van der Waals surface area contributed by atoms with Crippen LogP contribution in [0.1, 0.15) is 33.1 Å². The lowest BCUT2D eigenvalue weighted by molar-refractivity contribution is 0.233. The fourth-order valence-electron chi connectivity index (χ4n) is 1.60. The first-order valence-corrected chi connectivity index (χ1v) is 5.12. The molecule has 1 saturated carbocycles. The number of aliphatic hydroxyl groups excluding tert-OH is 1. The summed E-state index contributed by atoms with van der Waals surface area (Å²) in [6, 6.07) is 0.763. The Labute approximate surface area is 75.4 Å². The lowest BCUT2D eigenvalue weighted by atomic mass is 10.2. The van der Waals surface area contributed by atoms with E-state index < -0.39 is 0 Å². The Morgan fingerprint density at radius 1 is 1.58 bits per heavy atom. The Hall–Kier alpha value is -0.0800. The summed E-state index contributed by atoms with van der Waals surface area (Å²) in [6.45, 7) is 5.59. The average Bonchev–Trinajstić information content (AvgIpc) is 2.80. The molecule has 0 bridgehead atoms. The van der Waals surface area contributed by atoms with Crippen LogP contribution in [0.2, 0.25) is 0 Å². The predicted molar refractivity (Wildman–Crippen MR) is 51.1 cm³/mol. The maximum Gasteiger partial charge on any atom is 0.0468 e. The SMILES string of the molecule is CCCC1CC1NCC(C)CO. The van der Waals surface area contributed by atoms with Crippen LogP contribution in [0.3, 0.4) is 0 Å². The topological polar surface area (TPSA) is 32.3 Å². The van der Waals surface area contributed by atoms with Gasteiger partial charge >= 0.3 is 0 Å². The van der Waals surface area contributed by atoms with Gasteiger partial charge in [-0.05, 0) is 24.7 Å². The molecular weight excluding hydrogens is 150 g/mol. The van der Waals surface area contributed by atoms with Crippen LogP contribution in [0.25, 0.3) is 0 Å². The minimum absolute atomic E-state index is 0.304. The molecule has 12 heavy (non-hydrogen) atoms. The van der Waals surface area contributed by atoms with Crippen LogP contribution in [0.15, 0.2) is 0 Å². The van der Waals surface area contributed by atoms with Crippen molar-refractivity contribution >= 4 is 0 Å². The molecule has 0 saturated heterocycles. The third kappa shape index (κ3) is 3.11. The molecule has 1 aliphatic carbocycles. The summed E-state index contributed by atoms with van der Waals surface area (Å²) < 4.78 is 0. The highest BCUT2D eigenvalue weighted by Crippen LogP contribution is 2.34. The number of hydrogen-bond acceptors (Lipinski definition) is 2. The minimum Gasteiger partial charge on any atom is -0.396 e. The molecule has 0 aliphatic heterocycles. The third-order valence-corrected chi connectivity index (χ3v) is 2.62. The zero-order chi connectivity index (χ0) is 8.97. The summed E-state index contributed by atoms with van der Waals surface area (Å²) in [5.74, 6) is 1.34. The number of nitrogens with one attached hydrogen (secondary N) is 1. The van der Waals surface area contributed by atoms with Crippen molar-refractivity contribution in [1.29, 1.82) is 0 Å². The molecule has 1 rings (SSSR count). The fraction of sp³-hybridized carbons (Fsp3) is 1.00. The van der Waals surface area contributed by atoms with Gasteiger partial charge in [0.25, 0.3) is 0 Å². The third-order valence-electron chi connectivity index (χ3n) is 2.62. The van der Waals surface area contributed by atoms with E-state index in [1.54, 1.807) is 0 Å². The van der Waals surface area contributed by atoms with E-state index in [4.69, 9.17) is 5.11 Å². The Morgan fingerprint density at radius 2 is 2.33 bits per heavy atom. The molecule has 3 atom stereocenters. The molecule has 0 aromatic carbocycles. The second-order valence-electron chi connectivity index (χ2n) is 4.09. The molecule has 0 radical (unpaired) electrons. The largest absolute Gasteiger partial charge is 0.396 e. The van der Waals surface area contributed by atoms with Crippen molar-refractivity contribution in [2.24, 2.45) is 11.8 Å². The average molecular weight is 171 g/mol. The number of hydrogen-bond donors (Lipinski definition) is 2. The van der Waals surface area contributed by atoms with E-state index in [1.165, 1.54) is 19.3 Å². The number of rotatable bonds is 6. The summed E-state index contributed by atoms with van der Waals surface area (Å²) in [7, 11) is 0. The van der Waals surface area contributed by atoms with Crippen molar-refractivity contribution < 1.29 is 5.11 Å². The van der Waals surface area contributed by atoms with Crippen molar-refractivity contribution in [3.63, 3.8) is 0 Å². The van der Waals surface area contributed by atoms with Gasteiger partial charge in [0.05, 0.1) is 0 Å². The van der Waals surface area contributed by atoms with Crippen LogP contribution >= 0.6 is 0 Å². The normalized spacial score (nSPS) is 30.2. The summed E-state index contributed by atoms with van der Waals surface area (Å²) in [6.07, 6.45) is 4.02. The molecule has 2 nitrogen and oxygen atoms in total. The van der Waals surface area contributed by atoms with Crippen molar-refractivity contribution in [3.05, 3.63) is 0 Å². The second-order valence-corrected chi connectivity index (χ2v) is 4.09. The van der Waals surface area contributed by atoms with Crippen molar-refractivity contribution in [2.45, 2.75) is 39.2 Å². The maximum absolute atomic E-state index is 8.80. The van der Waals surface area contributed by atoms with Crippen LogP contribution in [0, 0.1) is 11.8 Å². The van der Waals surface area contributed by atoms with E-state index >= 15 is 0 Å². The van der Waals surface area contributed by atoms with Gasteiger partial charge in [-0.3, -0.25) is 0 Å². The predicted octanol–water partition coefficient (Wildman–Crippen LogP) is 1.39. The smallest absolute Gasteiger partial charge is 0.0468 e. The molecule has 3 unspecified atom stereocenters. The van der Waals surface area contributed by atoms with Gasteiger partial charge in [0, 0.05) is 19.2 Å². The zero-order valence-electron chi connectivity index (χ0n) is 8.21. The summed E-state index contributed by atoms with van der Waals surface area (Å²) in [5.41, 5.74) is 0. The lowest BCUT2D eigenvalue weighted by Gasteiger charge is -2.08. The van der Waals surface area contributed by atoms with Crippen molar-refractivity contribution in [2.75, 3.05) is 13.2 Å². The van der Waals surface area contributed by atoms with Crippen LogP contribution in [-0.4, -0.2) is 24.3 Å².